The van der Waals surface area contributed by atoms with Crippen molar-refractivity contribution in [1.82, 2.24) is 4.90 Å². The second-order valence-corrected chi connectivity index (χ2v) is 4.45. The lowest BCUT2D eigenvalue weighted by molar-refractivity contribution is -0.0653. The summed E-state index contributed by atoms with van der Waals surface area (Å²) in [6.45, 7) is 9.76. The highest BCUT2D eigenvalue weighted by Crippen LogP contribution is 2.11. The Hall–Kier alpha value is -1.13. The quantitative estimate of drug-likeness (QED) is 0.764. The summed E-state index contributed by atoms with van der Waals surface area (Å²) in [5.74, 6) is -0.378. The molecule has 0 spiro atoms. The molecule has 1 rings (SSSR count). The minimum Gasteiger partial charge on any atom is -0.401 e. The summed E-state index contributed by atoms with van der Waals surface area (Å²) >= 11 is 0. The molecule has 2 atom stereocenters. The van der Waals surface area contributed by atoms with Crippen LogP contribution < -0.4 is 5.73 Å². The summed E-state index contributed by atoms with van der Waals surface area (Å²) in [7, 11) is 0. The lowest BCUT2D eigenvalue weighted by Gasteiger charge is -2.35. The Bertz CT molecular complexity index is 315. The second kappa shape index (κ2) is 6.57. The first-order chi connectivity index (χ1) is 8.01. The Morgan fingerprint density at radius 1 is 1.41 bits per heavy atom. The summed E-state index contributed by atoms with van der Waals surface area (Å²) in [6, 6.07) is 0. The van der Waals surface area contributed by atoms with Gasteiger partial charge in [-0.1, -0.05) is 6.58 Å². The van der Waals surface area contributed by atoms with Crippen molar-refractivity contribution in [3.05, 3.63) is 36.3 Å². The van der Waals surface area contributed by atoms with E-state index in [2.05, 4.69) is 11.5 Å². The molecule has 2 N–H and O–H groups in total. The van der Waals surface area contributed by atoms with Gasteiger partial charge in [0.2, 0.25) is 0 Å². The van der Waals surface area contributed by atoms with Crippen LogP contribution >= 0.6 is 0 Å². The van der Waals surface area contributed by atoms with Crippen LogP contribution in [0.25, 0.3) is 0 Å². The van der Waals surface area contributed by atoms with Crippen LogP contribution in [0.3, 0.4) is 0 Å². The number of nitrogens with two attached hydrogens (primary N) is 1. The van der Waals surface area contributed by atoms with Gasteiger partial charge < -0.3 is 10.5 Å². The molecule has 0 radical (unpaired) electrons. The zero-order valence-corrected chi connectivity index (χ0v) is 10.5. The van der Waals surface area contributed by atoms with E-state index >= 15 is 0 Å². The SMILES string of the molecule is C=C/C(F)=C\C=C(\N)CN1CC(C)OC(C)C1. The molecule has 17 heavy (non-hydrogen) atoms. The maximum absolute atomic E-state index is 12.8. The van der Waals surface area contributed by atoms with Gasteiger partial charge in [0.25, 0.3) is 0 Å². The first kappa shape index (κ1) is 13.9. The zero-order chi connectivity index (χ0) is 12.8. The van der Waals surface area contributed by atoms with Crippen molar-refractivity contribution < 1.29 is 9.13 Å². The van der Waals surface area contributed by atoms with Gasteiger partial charge in [-0.05, 0) is 32.1 Å². The first-order valence-electron chi connectivity index (χ1n) is 5.83. The zero-order valence-electron chi connectivity index (χ0n) is 10.5. The van der Waals surface area contributed by atoms with Crippen molar-refractivity contribution in [1.29, 1.82) is 0 Å². The number of nitrogens with zero attached hydrogens (tertiary/aromatic N) is 1. The number of halogens is 1. The van der Waals surface area contributed by atoms with Gasteiger partial charge in [0.05, 0.1) is 12.2 Å². The Kier molecular flexibility index (Phi) is 5.38. The molecule has 96 valence electrons. The molecule has 4 heteroatoms. The van der Waals surface area contributed by atoms with Gasteiger partial charge in [-0.15, -0.1) is 0 Å². The summed E-state index contributed by atoms with van der Waals surface area (Å²) in [5, 5.41) is 0. The molecule has 3 nitrogen and oxygen atoms in total. The summed E-state index contributed by atoms with van der Waals surface area (Å²) in [5.41, 5.74) is 6.47. The average molecular weight is 240 g/mol. The normalized spacial score (nSPS) is 28.2. The molecular weight excluding hydrogens is 219 g/mol. The van der Waals surface area contributed by atoms with Gasteiger partial charge >= 0.3 is 0 Å². The molecule has 0 aromatic heterocycles. The van der Waals surface area contributed by atoms with E-state index in [0.29, 0.717) is 12.2 Å². The third-order valence-electron chi connectivity index (χ3n) is 2.55. The highest BCUT2D eigenvalue weighted by atomic mass is 19.1. The number of hydrogen-bond acceptors (Lipinski definition) is 3. The number of rotatable bonds is 4. The topological polar surface area (TPSA) is 38.5 Å². The van der Waals surface area contributed by atoms with E-state index in [4.69, 9.17) is 10.5 Å². The largest absolute Gasteiger partial charge is 0.401 e. The molecule has 0 aromatic rings. The predicted molar refractivity (Wildman–Crippen MR) is 68.1 cm³/mol. The van der Waals surface area contributed by atoms with E-state index in [1.54, 1.807) is 6.08 Å². The lowest BCUT2D eigenvalue weighted by Crippen LogP contribution is -2.46. The molecule has 2 unspecified atom stereocenters. The van der Waals surface area contributed by atoms with Crippen LogP contribution in [0.2, 0.25) is 0 Å². The van der Waals surface area contributed by atoms with E-state index in [1.165, 1.54) is 6.08 Å². The molecule has 1 heterocycles. The van der Waals surface area contributed by atoms with Gasteiger partial charge in [-0.2, -0.15) is 0 Å². The van der Waals surface area contributed by atoms with Crippen molar-refractivity contribution in [2.45, 2.75) is 26.1 Å². The Morgan fingerprint density at radius 3 is 2.53 bits per heavy atom. The molecule has 0 bridgehead atoms. The van der Waals surface area contributed by atoms with Crippen LogP contribution in [0.5, 0.6) is 0 Å². The molecular formula is C13H21FN2O. The van der Waals surface area contributed by atoms with E-state index in [1.807, 2.05) is 13.8 Å². The van der Waals surface area contributed by atoms with Crippen molar-refractivity contribution >= 4 is 0 Å². The van der Waals surface area contributed by atoms with E-state index in [9.17, 15) is 4.39 Å². The summed E-state index contributed by atoms with van der Waals surface area (Å²) in [6.07, 6.45) is 4.50. The number of allylic oxidation sites excluding steroid dienone is 4. The Labute approximate surface area is 102 Å². The molecule has 1 aliphatic heterocycles. The number of hydrogen-bond donors (Lipinski definition) is 1. The fourth-order valence-corrected chi connectivity index (χ4v) is 1.98. The second-order valence-electron chi connectivity index (χ2n) is 4.45. The molecule has 1 aliphatic rings. The summed E-state index contributed by atoms with van der Waals surface area (Å²) < 4.78 is 18.4. The monoisotopic (exact) mass is 240 g/mol. The molecule has 0 saturated carbocycles. The van der Waals surface area contributed by atoms with E-state index in [-0.39, 0.29) is 18.0 Å². The fourth-order valence-electron chi connectivity index (χ4n) is 1.98. The minimum absolute atomic E-state index is 0.215. The lowest BCUT2D eigenvalue weighted by atomic mass is 10.2. The van der Waals surface area contributed by atoms with E-state index < -0.39 is 0 Å². The van der Waals surface area contributed by atoms with Crippen molar-refractivity contribution in [2.24, 2.45) is 5.73 Å². The van der Waals surface area contributed by atoms with Gasteiger partial charge in [-0.25, -0.2) is 4.39 Å². The molecule has 1 saturated heterocycles. The Morgan fingerprint density at radius 2 is 2.00 bits per heavy atom. The van der Waals surface area contributed by atoms with Crippen LogP contribution in [-0.4, -0.2) is 36.7 Å². The predicted octanol–water partition coefficient (Wildman–Crippen LogP) is 1.98. The fraction of sp³-hybridized carbons (Fsp3) is 0.538. The summed E-state index contributed by atoms with van der Waals surface area (Å²) in [4.78, 5) is 2.21. The molecule has 0 aliphatic carbocycles. The van der Waals surface area contributed by atoms with Crippen molar-refractivity contribution in [2.75, 3.05) is 19.6 Å². The maximum atomic E-state index is 12.8. The smallest absolute Gasteiger partial charge is 0.122 e. The number of ether oxygens (including phenoxy) is 1. The highest BCUT2D eigenvalue weighted by molar-refractivity contribution is 5.19. The van der Waals surface area contributed by atoms with E-state index in [0.717, 1.165) is 19.2 Å². The van der Waals surface area contributed by atoms with Crippen molar-refractivity contribution in [3.63, 3.8) is 0 Å². The Balaban J connectivity index is 2.50. The van der Waals surface area contributed by atoms with Gasteiger partial charge in [0.15, 0.2) is 0 Å². The first-order valence-corrected chi connectivity index (χ1v) is 5.83. The highest BCUT2D eigenvalue weighted by Gasteiger charge is 2.21. The maximum Gasteiger partial charge on any atom is 0.122 e. The van der Waals surface area contributed by atoms with Crippen LogP contribution in [0, 0.1) is 0 Å². The molecule has 1 fully saturated rings. The number of morpholine rings is 1. The van der Waals surface area contributed by atoms with Crippen LogP contribution in [0.1, 0.15) is 13.8 Å². The van der Waals surface area contributed by atoms with Gasteiger partial charge in [0.1, 0.15) is 5.83 Å². The third kappa shape index (κ3) is 5.15. The average Bonchev–Trinajstić information content (AvgIpc) is 2.24. The molecule has 0 aromatic carbocycles. The van der Waals surface area contributed by atoms with Crippen molar-refractivity contribution in [3.8, 4) is 0 Å². The van der Waals surface area contributed by atoms with Gasteiger partial charge in [-0.3, -0.25) is 4.90 Å². The molecule has 0 amide bonds. The third-order valence-corrected chi connectivity index (χ3v) is 2.55. The standard InChI is InChI=1S/C13H21FN2O/c1-4-12(14)5-6-13(15)9-16-7-10(2)17-11(3)8-16/h4-6,10-11H,1,7-9,15H2,2-3H3/b12-5+,13-6+. The van der Waals surface area contributed by atoms with Crippen LogP contribution in [-0.2, 0) is 4.74 Å². The van der Waals surface area contributed by atoms with Gasteiger partial charge in [0, 0.05) is 25.3 Å². The van der Waals surface area contributed by atoms with Crippen LogP contribution in [0.15, 0.2) is 36.3 Å². The van der Waals surface area contributed by atoms with Crippen LogP contribution in [0.4, 0.5) is 4.39 Å². The minimum atomic E-state index is -0.378.